The van der Waals surface area contributed by atoms with Gasteiger partial charge in [-0.15, -0.1) is 0 Å². The molecule has 0 aliphatic heterocycles. The van der Waals surface area contributed by atoms with E-state index < -0.39 is 11.9 Å². The van der Waals surface area contributed by atoms with Gasteiger partial charge in [-0.2, -0.15) is 0 Å². The van der Waals surface area contributed by atoms with Crippen LogP contribution in [0.5, 0.6) is 0 Å². The Morgan fingerprint density at radius 3 is 2.62 bits per heavy atom. The number of nitrogens with zero attached hydrogens (tertiary/aromatic N) is 2. The molecule has 1 aromatic carbocycles. The topological polar surface area (TPSA) is 83.6 Å². The molecule has 1 aliphatic rings. The van der Waals surface area contributed by atoms with Crippen LogP contribution in [0.25, 0.3) is 11.5 Å². The highest BCUT2D eigenvalue weighted by Gasteiger charge is 2.35. The highest BCUT2D eigenvalue weighted by Crippen LogP contribution is 2.28. The van der Waals surface area contributed by atoms with E-state index in [2.05, 4.69) is 4.98 Å². The molecule has 0 spiro atoms. The first kappa shape index (κ1) is 13.4. The van der Waals surface area contributed by atoms with Crippen LogP contribution >= 0.6 is 0 Å². The maximum Gasteiger partial charge on any atom is 0.323 e. The van der Waals surface area contributed by atoms with Gasteiger partial charge in [0.25, 0.3) is 5.91 Å². The number of carbonyl (C=O) groups excluding carboxylic acids is 1. The number of carbonyl (C=O) groups is 2. The van der Waals surface area contributed by atoms with Gasteiger partial charge in [0.05, 0.1) is 0 Å². The molecule has 6 heteroatoms. The van der Waals surface area contributed by atoms with E-state index in [-0.39, 0.29) is 18.3 Å². The van der Waals surface area contributed by atoms with Gasteiger partial charge >= 0.3 is 5.97 Å². The standard InChI is InChI=1S/C15H14N2O4/c18-13(19)8-17(11-6-7-11)15(20)12-9-21-14(16-12)10-4-2-1-3-5-10/h1-5,9,11H,6-8H2,(H,18,19). The molecule has 0 bridgehead atoms. The second-order valence-electron chi connectivity index (χ2n) is 4.96. The fraction of sp³-hybridized carbons (Fsp3) is 0.267. The van der Waals surface area contributed by atoms with Crippen LogP contribution in [0.15, 0.2) is 41.0 Å². The zero-order valence-corrected chi connectivity index (χ0v) is 11.2. The van der Waals surface area contributed by atoms with Crippen molar-refractivity contribution in [1.82, 2.24) is 9.88 Å². The molecule has 1 aliphatic carbocycles. The van der Waals surface area contributed by atoms with Crippen LogP contribution in [-0.2, 0) is 4.79 Å². The maximum atomic E-state index is 12.3. The minimum Gasteiger partial charge on any atom is -0.480 e. The summed E-state index contributed by atoms with van der Waals surface area (Å²) in [6.07, 6.45) is 2.95. The lowest BCUT2D eigenvalue weighted by Gasteiger charge is -2.18. The van der Waals surface area contributed by atoms with Gasteiger partial charge in [-0.1, -0.05) is 18.2 Å². The van der Waals surface area contributed by atoms with Gasteiger partial charge in [0.2, 0.25) is 5.89 Å². The highest BCUT2D eigenvalue weighted by atomic mass is 16.4. The lowest BCUT2D eigenvalue weighted by atomic mass is 10.2. The van der Waals surface area contributed by atoms with Gasteiger partial charge in [-0.25, -0.2) is 4.98 Å². The minimum atomic E-state index is -1.03. The number of hydrogen-bond donors (Lipinski definition) is 1. The third kappa shape index (κ3) is 2.94. The molecule has 108 valence electrons. The second kappa shape index (κ2) is 5.40. The fourth-order valence-corrected chi connectivity index (χ4v) is 2.13. The summed E-state index contributed by atoms with van der Waals surface area (Å²) in [5.41, 5.74) is 0.912. The van der Waals surface area contributed by atoms with Crippen molar-refractivity contribution < 1.29 is 19.1 Å². The molecule has 0 radical (unpaired) electrons. The van der Waals surface area contributed by atoms with Crippen LogP contribution in [0.3, 0.4) is 0 Å². The Balaban J connectivity index is 1.81. The largest absolute Gasteiger partial charge is 0.480 e. The molecule has 1 N–H and O–H groups in total. The number of benzene rings is 1. The number of hydrogen-bond acceptors (Lipinski definition) is 4. The lowest BCUT2D eigenvalue weighted by Crippen LogP contribution is -2.37. The van der Waals surface area contributed by atoms with E-state index in [1.165, 1.54) is 11.2 Å². The molecule has 1 saturated carbocycles. The first-order valence-corrected chi connectivity index (χ1v) is 6.69. The SMILES string of the molecule is O=C(O)CN(C(=O)c1coc(-c2ccccc2)n1)C1CC1. The Morgan fingerprint density at radius 1 is 1.29 bits per heavy atom. The van der Waals surface area contributed by atoms with Gasteiger partial charge in [-0.05, 0) is 25.0 Å². The van der Waals surface area contributed by atoms with Crippen LogP contribution in [0, 0.1) is 0 Å². The summed E-state index contributed by atoms with van der Waals surface area (Å²) in [5.74, 6) is -1.07. The third-order valence-corrected chi connectivity index (χ3v) is 3.30. The zero-order valence-electron chi connectivity index (χ0n) is 11.2. The van der Waals surface area contributed by atoms with Crippen LogP contribution in [0.4, 0.5) is 0 Å². The first-order chi connectivity index (χ1) is 10.1. The number of oxazole rings is 1. The summed E-state index contributed by atoms with van der Waals surface area (Å²) in [7, 11) is 0. The van der Waals surface area contributed by atoms with E-state index in [1.54, 1.807) is 0 Å². The zero-order chi connectivity index (χ0) is 14.8. The Hall–Kier alpha value is -2.63. The van der Waals surface area contributed by atoms with Crippen molar-refractivity contribution in [1.29, 1.82) is 0 Å². The summed E-state index contributed by atoms with van der Waals surface area (Å²) in [4.78, 5) is 28.7. The van der Waals surface area contributed by atoms with Crippen molar-refractivity contribution in [3.05, 3.63) is 42.3 Å². The first-order valence-electron chi connectivity index (χ1n) is 6.69. The Morgan fingerprint density at radius 2 is 2.00 bits per heavy atom. The highest BCUT2D eigenvalue weighted by molar-refractivity contribution is 5.94. The van der Waals surface area contributed by atoms with Crippen LogP contribution in [0.2, 0.25) is 0 Å². The number of aliphatic carboxylic acids is 1. The molecule has 0 unspecified atom stereocenters. The normalized spacial score (nSPS) is 13.9. The molecule has 1 aromatic heterocycles. The van der Waals surface area contributed by atoms with Crippen LogP contribution in [0.1, 0.15) is 23.3 Å². The molecule has 0 saturated heterocycles. The number of aromatic nitrogens is 1. The van der Waals surface area contributed by atoms with Gasteiger partial charge in [0.1, 0.15) is 12.8 Å². The van der Waals surface area contributed by atoms with Crippen molar-refractivity contribution in [2.75, 3.05) is 6.54 Å². The maximum absolute atomic E-state index is 12.3. The molecule has 1 amide bonds. The van der Waals surface area contributed by atoms with E-state index in [4.69, 9.17) is 9.52 Å². The van der Waals surface area contributed by atoms with Gasteiger partial charge in [-0.3, -0.25) is 9.59 Å². The molecule has 6 nitrogen and oxygen atoms in total. The van der Waals surface area contributed by atoms with Crippen molar-refractivity contribution in [2.24, 2.45) is 0 Å². The molecule has 21 heavy (non-hydrogen) atoms. The summed E-state index contributed by atoms with van der Waals surface area (Å²) < 4.78 is 5.32. The monoisotopic (exact) mass is 286 g/mol. The summed E-state index contributed by atoms with van der Waals surface area (Å²) in [6.45, 7) is -0.309. The molecule has 1 fully saturated rings. The van der Waals surface area contributed by atoms with Crippen LogP contribution in [-0.4, -0.2) is 39.5 Å². The van der Waals surface area contributed by atoms with Gasteiger partial charge in [0, 0.05) is 11.6 Å². The fourth-order valence-electron chi connectivity index (χ4n) is 2.13. The number of rotatable bonds is 5. The Bertz CT molecular complexity index is 661. The van der Waals surface area contributed by atoms with Crippen LogP contribution < -0.4 is 0 Å². The Kier molecular flexibility index (Phi) is 3.43. The summed E-state index contributed by atoms with van der Waals surface area (Å²) in [5, 5.41) is 8.90. The molecule has 0 atom stereocenters. The van der Waals surface area contributed by atoms with E-state index in [1.807, 2.05) is 30.3 Å². The molecular weight excluding hydrogens is 272 g/mol. The Labute approximate surface area is 121 Å². The number of carboxylic acids is 1. The smallest absolute Gasteiger partial charge is 0.323 e. The lowest BCUT2D eigenvalue weighted by molar-refractivity contribution is -0.137. The van der Waals surface area contributed by atoms with E-state index in [0.717, 1.165) is 18.4 Å². The third-order valence-electron chi connectivity index (χ3n) is 3.30. The van der Waals surface area contributed by atoms with Crippen molar-refractivity contribution in [3.8, 4) is 11.5 Å². The van der Waals surface area contributed by atoms with Crippen molar-refractivity contribution >= 4 is 11.9 Å². The summed E-state index contributed by atoms with van der Waals surface area (Å²) >= 11 is 0. The van der Waals surface area contributed by atoms with Crippen molar-refractivity contribution in [3.63, 3.8) is 0 Å². The van der Waals surface area contributed by atoms with E-state index in [0.29, 0.717) is 5.89 Å². The predicted octanol–water partition coefficient (Wildman–Crippen LogP) is 2.03. The second-order valence-corrected chi connectivity index (χ2v) is 4.96. The molecule has 2 aromatic rings. The van der Waals surface area contributed by atoms with Crippen molar-refractivity contribution in [2.45, 2.75) is 18.9 Å². The average molecular weight is 286 g/mol. The molecule has 1 heterocycles. The van der Waals surface area contributed by atoms with E-state index >= 15 is 0 Å². The molecular formula is C15H14N2O4. The van der Waals surface area contributed by atoms with Gasteiger partial charge in [0.15, 0.2) is 5.69 Å². The minimum absolute atomic E-state index is 0.00507. The predicted molar refractivity (Wildman–Crippen MR) is 73.6 cm³/mol. The molecule has 3 rings (SSSR count). The number of carboxylic acid groups (broad SMARTS) is 1. The van der Waals surface area contributed by atoms with E-state index in [9.17, 15) is 9.59 Å². The van der Waals surface area contributed by atoms with Gasteiger partial charge < -0.3 is 14.4 Å². The quantitative estimate of drug-likeness (QED) is 0.909. The summed E-state index contributed by atoms with van der Waals surface area (Å²) in [6, 6.07) is 9.24. The average Bonchev–Trinajstić information content (AvgIpc) is 3.21. The number of amides is 1.